The van der Waals surface area contributed by atoms with E-state index in [0.29, 0.717) is 0 Å². The van der Waals surface area contributed by atoms with Gasteiger partial charge in [0.25, 0.3) is 5.69 Å². The molecule has 0 N–H and O–H groups in total. The van der Waals surface area contributed by atoms with E-state index in [2.05, 4.69) is 31.5 Å². The second kappa shape index (κ2) is 4.57. The molecule has 0 aliphatic carbocycles. The second-order valence-corrected chi connectivity index (χ2v) is 6.58. The number of pyridine rings is 1. The van der Waals surface area contributed by atoms with E-state index < -0.39 is 4.92 Å². The minimum atomic E-state index is -0.440. The molecular weight excluding hydrogens is 248 g/mol. The Kier molecular flexibility index (Phi) is 3.26. The maximum Gasteiger partial charge on any atom is 0.287 e. The van der Waals surface area contributed by atoms with E-state index in [4.69, 9.17) is 0 Å². The van der Waals surface area contributed by atoms with Crippen molar-refractivity contribution in [2.24, 2.45) is 0 Å². The molecule has 0 amide bonds. The zero-order valence-electron chi connectivity index (χ0n) is 10.3. The van der Waals surface area contributed by atoms with Crippen molar-refractivity contribution in [3.05, 3.63) is 51.7 Å². The van der Waals surface area contributed by atoms with Gasteiger partial charge in [-0.2, -0.15) is 0 Å². The number of aromatic nitrogens is 1. The van der Waals surface area contributed by atoms with Gasteiger partial charge in [-0.15, -0.1) is 11.8 Å². The molecule has 0 saturated heterocycles. The molecule has 4 nitrogen and oxygen atoms in total. The van der Waals surface area contributed by atoms with Crippen molar-refractivity contribution in [3.8, 4) is 0 Å². The fourth-order valence-electron chi connectivity index (χ4n) is 1.97. The number of nitro groups is 1. The van der Waals surface area contributed by atoms with Crippen molar-refractivity contribution in [2.45, 2.75) is 25.0 Å². The molecule has 0 atom stereocenters. The predicted molar refractivity (Wildman–Crippen MR) is 74.3 cm³/mol. The molecule has 1 aliphatic heterocycles. The summed E-state index contributed by atoms with van der Waals surface area (Å²) in [6.07, 6.45) is 4.22. The summed E-state index contributed by atoms with van der Waals surface area (Å²) in [5, 5.41) is 10.6. The van der Waals surface area contributed by atoms with Crippen molar-refractivity contribution >= 4 is 23.0 Å². The Bertz CT molecular complexity index is 532. The smallest absolute Gasteiger partial charge is 0.258 e. The number of hydrogen-bond donors (Lipinski definition) is 0. The first-order valence-electron chi connectivity index (χ1n) is 5.57. The third kappa shape index (κ3) is 2.79. The van der Waals surface area contributed by atoms with E-state index in [1.165, 1.54) is 12.3 Å². The topological polar surface area (TPSA) is 56.0 Å². The zero-order chi connectivity index (χ0) is 13.3. The number of allylic oxidation sites excluding steroid dienone is 2. The van der Waals surface area contributed by atoms with Crippen LogP contribution < -0.4 is 0 Å². The average molecular weight is 262 g/mol. The summed E-state index contributed by atoms with van der Waals surface area (Å²) in [6, 6.07) is 3.18. The van der Waals surface area contributed by atoms with Crippen LogP contribution in [0.5, 0.6) is 0 Å². The lowest BCUT2D eigenvalue weighted by molar-refractivity contribution is -0.385. The Balaban J connectivity index is 2.34. The molecule has 94 valence electrons. The maximum atomic E-state index is 10.6. The minimum absolute atomic E-state index is 0.00583. The Morgan fingerprint density at radius 3 is 2.72 bits per heavy atom. The molecule has 2 rings (SSSR count). The van der Waals surface area contributed by atoms with E-state index >= 15 is 0 Å². The van der Waals surface area contributed by atoms with Crippen molar-refractivity contribution in [3.63, 3.8) is 0 Å². The van der Waals surface area contributed by atoms with Crippen LogP contribution in [0.1, 0.15) is 26.0 Å². The fraction of sp³-hybridized carbons (Fsp3) is 0.308. The molecular formula is C13H14N2O2S. The number of hydrogen-bond acceptors (Lipinski definition) is 4. The maximum absolute atomic E-state index is 10.6. The van der Waals surface area contributed by atoms with Crippen LogP contribution in [0, 0.1) is 10.1 Å². The Morgan fingerprint density at radius 2 is 2.22 bits per heavy atom. The van der Waals surface area contributed by atoms with Crippen molar-refractivity contribution < 1.29 is 4.92 Å². The number of rotatable bonds is 2. The molecule has 1 aromatic heterocycles. The van der Waals surface area contributed by atoms with E-state index in [1.807, 2.05) is 0 Å². The van der Waals surface area contributed by atoms with Crippen LogP contribution in [0.2, 0.25) is 0 Å². The van der Waals surface area contributed by atoms with Gasteiger partial charge in [-0.3, -0.25) is 10.1 Å². The highest BCUT2D eigenvalue weighted by Gasteiger charge is 2.24. The normalized spacial score (nSPS) is 18.3. The molecule has 0 aromatic carbocycles. The summed E-state index contributed by atoms with van der Waals surface area (Å²) in [7, 11) is 0. The van der Waals surface area contributed by atoms with E-state index in [-0.39, 0.29) is 10.4 Å². The second-order valence-electron chi connectivity index (χ2n) is 4.75. The first kappa shape index (κ1) is 12.8. The van der Waals surface area contributed by atoms with Crippen molar-refractivity contribution in [1.82, 2.24) is 4.98 Å². The fourth-order valence-corrected chi connectivity index (χ4v) is 3.14. The molecule has 0 radical (unpaired) electrons. The van der Waals surface area contributed by atoms with Crippen LogP contribution in [0.4, 0.5) is 5.69 Å². The standard InChI is InChI=1S/C13H14N2O2S/c1-9-6-10(7-13(2,3)18-9)12-5-4-11(8-14-12)15(16)17/h4-5,7-8H,1,6H2,2-3H3. The molecule has 0 unspecified atom stereocenters. The van der Waals surface area contributed by atoms with Crippen LogP contribution in [0.25, 0.3) is 5.57 Å². The van der Waals surface area contributed by atoms with Crippen molar-refractivity contribution in [1.29, 1.82) is 0 Å². The highest BCUT2D eigenvalue weighted by molar-refractivity contribution is 8.04. The third-order valence-electron chi connectivity index (χ3n) is 2.60. The zero-order valence-corrected chi connectivity index (χ0v) is 11.2. The van der Waals surface area contributed by atoms with Gasteiger partial charge >= 0.3 is 0 Å². The minimum Gasteiger partial charge on any atom is -0.258 e. The van der Waals surface area contributed by atoms with E-state index in [9.17, 15) is 10.1 Å². The molecule has 1 aliphatic rings. The lowest BCUT2D eigenvalue weighted by Gasteiger charge is -2.28. The molecule has 0 spiro atoms. The van der Waals surface area contributed by atoms with Gasteiger partial charge in [-0.1, -0.05) is 12.7 Å². The van der Waals surface area contributed by atoms with Crippen LogP contribution >= 0.6 is 11.8 Å². The van der Waals surface area contributed by atoms with Crippen LogP contribution in [0.15, 0.2) is 35.9 Å². The van der Waals surface area contributed by atoms with Crippen LogP contribution in [-0.2, 0) is 0 Å². The first-order chi connectivity index (χ1) is 8.37. The van der Waals surface area contributed by atoms with Crippen LogP contribution in [-0.4, -0.2) is 14.7 Å². The molecule has 5 heteroatoms. The Labute approximate surface area is 110 Å². The van der Waals surface area contributed by atoms with Crippen LogP contribution in [0.3, 0.4) is 0 Å². The van der Waals surface area contributed by atoms with E-state index in [1.54, 1.807) is 17.8 Å². The SMILES string of the molecule is C=C1CC(c2ccc([N+](=O)[O-])cn2)=CC(C)(C)S1. The van der Waals surface area contributed by atoms with Gasteiger partial charge in [-0.25, -0.2) is 4.98 Å². The largest absolute Gasteiger partial charge is 0.287 e. The highest BCUT2D eigenvalue weighted by atomic mass is 32.2. The van der Waals surface area contributed by atoms with Gasteiger partial charge < -0.3 is 0 Å². The first-order valence-corrected chi connectivity index (χ1v) is 6.38. The lowest BCUT2D eigenvalue weighted by Crippen LogP contribution is -2.15. The summed E-state index contributed by atoms with van der Waals surface area (Å²) in [5.41, 5.74) is 1.89. The summed E-state index contributed by atoms with van der Waals surface area (Å²) >= 11 is 1.74. The molecule has 2 heterocycles. The summed E-state index contributed by atoms with van der Waals surface area (Å²) in [6.45, 7) is 8.25. The van der Waals surface area contributed by atoms with Gasteiger partial charge in [0.1, 0.15) is 6.20 Å². The summed E-state index contributed by atoms with van der Waals surface area (Å²) in [5.74, 6) is 0. The molecule has 18 heavy (non-hydrogen) atoms. The number of thioether (sulfide) groups is 1. The quantitative estimate of drug-likeness (QED) is 0.601. The van der Waals surface area contributed by atoms with Gasteiger partial charge in [0.15, 0.2) is 0 Å². The third-order valence-corrected chi connectivity index (χ3v) is 3.68. The predicted octanol–water partition coefficient (Wildman–Crippen LogP) is 3.80. The Morgan fingerprint density at radius 1 is 1.50 bits per heavy atom. The molecule has 0 saturated carbocycles. The summed E-state index contributed by atoms with van der Waals surface area (Å²) in [4.78, 5) is 15.4. The van der Waals surface area contributed by atoms with Crippen molar-refractivity contribution in [2.75, 3.05) is 0 Å². The average Bonchev–Trinajstić information content (AvgIpc) is 2.26. The monoisotopic (exact) mass is 262 g/mol. The number of nitrogens with zero attached hydrogens (tertiary/aromatic N) is 2. The van der Waals surface area contributed by atoms with Gasteiger partial charge in [0.2, 0.25) is 0 Å². The molecule has 0 fully saturated rings. The highest BCUT2D eigenvalue weighted by Crippen LogP contribution is 2.43. The van der Waals surface area contributed by atoms with Gasteiger partial charge in [0.05, 0.1) is 10.6 Å². The molecule has 1 aromatic rings. The Hall–Kier alpha value is -1.62. The van der Waals surface area contributed by atoms with Gasteiger partial charge in [-0.05, 0) is 30.4 Å². The van der Waals surface area contributed by atoms with Gasteiger partial charge in [0, 0.05) is 17.2 Å². The summed E-state index contributed by atoms with van der Waals surface area (Å²) < 4.78 is -0.00583. The molecule has 0 bridgehead atoms. The van der Waals surface area contributed by atoms with E-state index in [0.717, 1.165) is 22.6 Å². The lowest BCUT2D eigenvalue weighted by atomic mass is 10.0.